The van der Waals surface area contributed by atoms with Gasteiger partial charge in [-0.3, -0.25) is 10.1 Å². The monoisotopic (exact) mass is 310 g/mol. The molecule has 118 valence electrons. The second-order valence-electron chi connectivity index (χ2n) is 5.57. The van der Waals surface area contributed by atoms with E-state index in [4.69, 9.17) is 5.11 Å². The first-order valence-electron chi connectivity index (χ1n) is 7.55. The molecule has 1 aromatic heterocycles. The molecule has 0 atom stereocenters. The van der Waals surface area contributed by atoms with Gasteiger partial charge in [0.2, 0.25) is 0 Å². The van der Waals surface area contributed by atoms with Gasteiger partial charge in [-0.15, -0.1) is 0 Å². The summed E-state index contributed by atoms with van der Waals surface area (Å²) in [6.45, 7) is 0.0720. The lowest BCUT2D eigenvalue weighted by atomic mass is 9.99. The third kappa shape index (κ3) is 2.71. The fraction of sp³-hybridized carbons (Fsp3) is 0.222. The van der Waals surface area contributed by atoms with E-state index in [9.17, 15) is 10.1 Å². The second-order valence-corrected chi connectivity index (χ2v) is 5.57. The molecule has 2 aromatic carbocycles. The fourth-order valence-corrected chi connectivity index (χ4v) is 3.09. The van der Waals surface area contributed by atoms with E-state index in [0.717, 1.165) is 22.2 Å². The highest BCUT2D eigenvalue weighted by atomic mass is 16.6. The van der Waals surface area contributed by atoms with Crippen molar-refractivity contribution in [2.24, 2.45) is 7.05 Å². The number of rotatable bonds is 5. The molecule has 0 bridgehead atoms. The number of aliphatic hydroxyl groups is 1. The minimum atomic E-state index is -0.334. The maximum absolute atomic E-state index is 11.4. The molecular weight excluding hydrogens is 292 g/mol. The number of fused-ring (bicyclic) bond motifs is 1. The molecule has 0 fully saturated rings. The van der Waals surface area contributed by atoms with Gasteiger partial charge in [-0.1, -0.05) is 30.3 Å². The van der Waals surface area contributed by atoms with Crippen molar-refractivity contribution in [3.05, 3.63) is 64.3 Å². The van der Waals surface area contributed by atoms with E-state index in [0.29, 0.717) is 18.2 Å². The third-order valence-electron chi connectivity index (χ3n) is 4.06. The minimum Gasteiger partial charge on any atom is -0.396 e. The number of aliphatic hydroxyl groups excluding tert-OH is 1. The van der Waals surface area contributed by atoms with Crippen LogP contribution in [0.4, 0.5) is 5.69 Å². The lowest BCUT2D eigenvalue weighted by molar-refractivity contribution is -0.383. The van der Waals surface area contributed by atoms with E-state index in [1.165, 1.54) is 0 Å². The highest BCUT2D eigenvalue weighted by Gasteiger charge is 2.21. The normalized spacial score (nSPS) is 11.0. The summed E-state index contributed by atoms with van der Waals surface area (Å²) in [6, 6.07) is 13.3. The van der Waals surface area contributed by atoms with Crippen molar-refractivity contribution in [2.75, 3.05) is 6.61 Å². The molecule has 3 rings (SSSR count). The lowest BCUT2D eigenvalue weighted by Crippen LogP contribution is -1.94. The molecular formula is C18H18N2O3. The largest absolute Gasteiger partial charge is 0.396 e. The van der Waals surface area contributed by atoms with Crippen LogP contribution in [0.15, 0.2) is 48.7 Å². The van der Waals surface area contributed by atoms with Gasteiger partial charge < -0.3 is 9.67 Å². The summed E-state index contributed by atoms with van der Waals surface area (Å²) in [7, 11) is 1.90. The number of benzene rings is 2. The summed E-state index contributed by atoms with van der Waals surface area (Å²) < 4.78 is 1.94. The van der Waals surface area contributed by atoms with Crippen molar-refractivity contribution in [2.45, 2.75) is 12.8 Å². The topological polar surface area (TPSA) is 68.3 Å². The molecule has 0 radical (unpaired) electrons. The summed E-state index contributed by atoms with van der Waals surface area (Å²) >= 11 is 0. The average Bonchev–Trinajstić information content (AvgIpc) is 2.90. The van der Waals surface area contributed by atoms with Crippen LogP contribution >= 0.6 is 0 Å². The molecule has 5 heteroatoms. The Morgan fingerprint density at radius 1 is 1.17 bits per heavy atom. The molecule has 1 heterocycles. The lowest BCUT2D eigenvalue weighted by Gasteiger charge is -2.07. The van der Waals surface area contributed by atoms with Crippen LogP contribution in [0.1, 0.15) is 12.0 Å². The summed E-state index contributed by atoms with van der Waals surface area (Å²) in [5.41, 5.74) is 3.89. The van der Waals surface area contributed by atoms with Crippen LogP contribution in [-0.4, -0.2) is 21.2 Å². The van der Waals surface area contributed by atoms with Crippen LogP contribution in [0, 0.1) is 10.1 Å². The number of hydrogen-bond donors (Lipinski definition) is 1. The van der Waals surface area contributed by atoms with Crippen LogP contribution < -0.4 is 0 Å². The van der Waals surface area contributed by atoms with Crippen molar-refractivity contribution >= 4 is 16.6 Å². The van der Waals surface area contributed by atoms with E-state index in [1.807, 2.05) is 54.2 Å². The van der Waals surface area contributed by atoms with Crippen LogP contribution in [0.5, 0.6) is 0 Å². The van der Waals surface area contributed by atoms with E-state index in [2.05, 4.69) is 0 Å². The van der Waals surface area contributed by atoms with Crippen molar-refractivity contribution in [3.8, 4) is 11.1 Å². The first-order chi connectivity index (χ1) is 11.1. The maximum Gasteiger partial charge on any atom is 0.279 e. The first-order valence-corrected chi connectivity index (χ1v) is 7.55. The molecule has 0 spiro atoms. The van der Waals surface area contributed by atoms with Crippen molar-refractivity contribution in [1.82, 2.24) is 4.57 Å². The quantitative estimate of drug-likeness (QED) is 0.577. The van der Waals surface area contributed by atoms with E-state index < -0.39 is 0 Å². The molecule has 5 nitrogen and oxygen atoms in total. The molecule has 0 amide bonds. The molecule has 1 N–H and O–H groups in total. The maximum atomic E-state index is 11.4. The molecule has 23 heavy (non-hydrogen) atoms. The number of non-ortho nitro benzene ring substituents is 1. The highest BCUT2D eigenvalue weighted by molar-refractivity contribution is 6.02. The van der Waals surface area contributed by atoms with Crippen molar-refractivity contribution in [1.29, 1.82) is 0 Å². The van der Waals surface area contributed by atoms with Crippen LogP contribution in [0.25, 0.3) is 22.0 Å². The van der Waals surface area contributed by atoms with Gasteiger partial charge in [0.1, 0.15) is 0 Å². The molecule has 0 aliphatic carbocycles. The number of nitrogens with zero attached hydrogens (tertiary/aromatic N) is 2. The van der Waals surface area contributed by atoms with Gasteiger partial charge in [0.25, 0.3) is 5.69 Å². The summed E-state index contributed by atoms with van der Waals surface area (Å²) in [5.74, 6) is 0. The first kappa shape index (κ1) is 15.2. The molecule has 0 saturated heterocycles. The zero-order valence-electron chi connectivity index (χ0n) is 12.9. The second kappa shape index (κ2) is 6.22. The Morgan fingerprint density at radius 3 is 2.57 bits per heavy atom. The van der Waals surface area contributed by atoms with Crippen molar-refractivity contribution in [3.63, 3.8) is 0 Å². The van der Waals surface area contributed by atoms with Gasteiger partial charge in [0.15, 0.2) is 0 Å². The molecule has 0 unspecified atom stereocenters. The Kier molecular flexibility index (Phi) is 4.12. The number of nitro groups is 1. The predicted octanol–water partition coefficient (Wildman–Crippen LogP) is 3.68. The fourth-order valence-electron chi connectivity index (χ4n) is 3.09. The van der Waals surface area contributed by atoms with E-state index in [-0.39, 0.29) is 17.2 Å². The summed E-state index contributed by atoms with van der Waals surface area (Å²) in [5, 5.41) is 21.2. The Hall–Kier alpha value is -2.66. The number of nitro benzene ring substituents is 1. The van der Waals surface area contributed by atoms with Gasteiger partial charge in [0, 0.05) is 31.5 Å². The molecule has 0 saturated carbocycles. The van der Waals surface area contributed by atoms with Gasteiger partial charge in [-0.2, -0.15) is 0 Å². The zero-order chi connectivity index (χ0) is 16.4. The Morgan fingerprint density at radius 2 is 1.91 bits per heavy atom. The molecule has 0 aliphatic heterocycles. The van der Waals surface area contributed by atoms with Crippen LogP contribution in [0.2, 0.25) is 0 Å². The van der Waals surface area contributed by atoms with Crippen LogP contribution in [-0.2, 0) is 13.5 Å². The summed E-state index contributed by atoms with van der Waals surface area (Å²) in [6.07, 6.45) is 3.14. The Balaban J connectivity index is 2.31. The molecule has 3 aromatic rings. The van der Waals surface area contributed by atoms with Crippen molar-refractivity contribution < 1.29 is 10.0 Å². The number of aromatic nitrogens is 1. The average molecular weight is 310 g/mol. The number of aryl methyl sites for hydroxylation is 2. The van der Waals surface area contributed by atoms with E-state index >= 15 is 0 Å². The van der Waals surface area contributed by atoms with Gasteiger partial charge in [-0.25, -0.2) is 0 Å². The van der Waals surface area contributed by atoms with Gasteiger partial charge in [0.05, 0.1) is 15.8 Å². The Bertz CT molecular complexity index is 854. The standard InChI is InChI=1S/C18H18N2O3/c1-19-12-14(8-5-11-21)17-16(20(22)23)10-9-15(18(17)19)13-6-3-2-4-7-13/h2-4,6-7,9-10,12,21H,5,8,11H2,1H3. The van der Waals surface area contributed by atoms with Gasteiger partial charge in [-0.05, 0) is 30.0 Å². The SMILES string of the molecule is Cn1cc(CCCO)c2c([N+](=O)[O-])ccc(-c3ccccc3)c21. The highest BCUT2D eigenvalue weighted by Crippen LogP contribution is 2.37. The molecule has 0 aliphatic rings. The minimum absolute atomic E-state index is 0.0720. The number of hydrogen-bond acceptors (Lipinski definition) is 3. The summed E-state index contributed by atoms with van der Waals surface area (Å²) in [4.78, 5) is 11.1. The van der Waals surface area contributed by atoms with E-state index in [1.54, 1.807) is 6.07 Å². The van der Waals surface area contributed by atoms with Gasteiger partial charge >= 0.3 is 0 Å². The third-order valence-corrected chi connectivity index (χ3v) is 4.06. The smallest absolute Gasteiger partial charge is 0.279 e. The zero-order valence-corrected chi connectivity index (χ0v) is 12.9. The van der Waals surface area contributed by atoms with Crippen LogP contribution in [0.3, 0.4) is 0 Å². The Labute approximate surface area is 133 Å². The predicted molar refractivity (Wildman–Crippen MR) is 90.4 cm³/mol.